The molecule has 108 valence electrons. The summed E-state index contributed by atoms with van der Waals surface area (Å²) in [6.07, 6.45) is 2.30. The van der Waals surface area contributed by atoms with Gasteiger partial charge < -0.3 is 9.64 Å². The molecule has 0 aromatic heterocycles. The topological polar surface area (TPSA) is 12.5 Å². The van der Waals surface area contributed by atoms with Crippen molar-refractivity contribution in [3.63, 3.8) is 0 Å². The Hall–Kier alpha value is -0.0600. The second-order valence-electron chi connectivity index (χ2n) is 4.56. The minimum Gasteiger partial charge on any atom is -0.383 e. The highest BCUT2D eigenvalue weighted by Crippen LogP contribution is 2.29. The zero-order valence-electron chi connectivity index (χ0n) is 12.0. The molecule has 0 bridgehead atoms. The standard InChI is InChI=1S/C15H23Br2NO/c1-4-14(5-2)18(8-9-19-3)15-7-6-13(17)10-12(15)11-16/h6-7,10,14H,4-5,8-9,11H2,1-3H3. The maximum atomic E-state index is 5.27. The van der Waals surface area contributed by atoms with Crippen LogP contribution in [-0.2, 0) is 10.1 Å². The molecule has 0 fully saturated rings. The second-order valence-corrected chi connectivity index (χ2v) is 6.04. The SMILES string of the molecule is CCC(CC)N(CCOC)c1ccc(Br)cc1CBr. The fourth-order valence-electron chi connectivity index (χ4n) is 2.36. The maximum absolute atomic E-state index is 5.27. The summed E-state index contributed by atoms with van der Waals surface area (Å²) in [5, 5.41) is 0.866. The molecule has 1 rings (SSSR count). The van der Waals surface area contributed by atoms with Gasteiger partial charge >= 0.3 is 0 Å². The smallest absolute Gasteiger partial charge is 0.0637 e. The summed E-state index contributed by atoms with van der Waals surface area (Å²) in [7, 11) is 1.76. The van der Waals surface area contributed by atoms with Gasteiger partial charge in [-0.25, -0.2) is 0 Å². The molecule has 0 saturated heterocycles. The fourth-order valence-corrected chi connectivity index (χ4v) is 3.22. The van der Waals surface area contributed by atoms with E-state index in [4.69, 9.17) is 4.74 Å². The average molecular weight is 393 g/mol. The van der Waals surface area contributed by atoms with Crippen molar-refractivity contribution in [3.8, 4) is 0 Å². The first-order chi connectivity index (χ1) is 9.17. The molecule has 0 heterocycles. The van der Waals surface area contributed by atoms with Crippen LogP contribution in [0.3, 0.4) is 0 Å². The largest absolute Gasteiger partial charge is 0.383 e. The summed E-state index contributed by atoms with van der Waals surface area (Å²) in [4.78, 5) is 2.48. The summed E-state index contributed by atoms with van der Waals surface area (Å²) < 4.78 is 6.39. The molecule has 0 unspecified atom stereocenters. The van der Waals surface area contributed by atoms with E-state index in [2.05, 4.69) is 68.8 Å². The molecule has 0 atom stereocenters. The van der Waals surface area contributed by atoms with Crippen LogP contribution in [-0.4, -0.2) is 26.3 Å². The molecule has 4 heteroatoms. The Balaban J connectivity index is 3.08. The third-order valence-electron chi connectivity index (χ3n) is 3.41. The molecular weight excluding hydrogens is 370 g/mol. The molecule has 0 amide bonds. The lowest BCUT2D eigenvalue weighted by molar-refractivity contribution is 0.202. The van der Waals surface area contributed by atoms with E-state index in [1.165, 1.54) is 11.3 Å². The van der Waals surface area contributed by atoms with E-state index in [1.807, 2.05) is 0 Å². The molecule has 0 radical (unpaired) electrons. The summed E-state index contributed by atoms with van der Waals surface area (Å²) in [5.41, 5.74) is 2.63. The molecule has 0 aliphatic heterocycles. The van der Waals surface area contributed by atoms with Gasteiger partial charge in [0.05, 0.1) is 6.61 Å². The van der Waals surface area contributed by atoms with Gasteiger partial charge in [-0.2, -0.15) is 0 Å². The number of ether oxygens (including phenoxy) is 1. The van der Waals surface area contributed by atoms with Crippen LogP contribution in [0.25, 0.3) is 0 Å². The van der Waals surface area contributed by atoms with Gasteiger partial charge in [-0.3, -0.25) is 0 Å². The molecule has 0 aliphatic carbocycles. The lowest BCUT2D eigenvalue weighted by atomic mass is 10.1. The molecule has 2 nitrogen and oxygen atoms in total. The van der Waals surface area contributed by atoms with Gasteiger partial charge in [-0.15, -0.1) is 0 Å². The Bertz CT molecular complexity index is 380. The molecule has 19 heavy (non-hydrogen) atoms. The van der Waals surface area contributed by atoms with Crippen molar-refractivity contribution < 1.29 is 4.74 Å². The van der Waals surface area contributed by atoms with Crippen LogP contribution in [0.1, 0.15) is 32.3 Å². The van der Waals surface area contributed by atoms with E-state index in [0.29, 0.717) is 6.04 Å². The van der Waals surface area contributed by atoms with Crippen molar-refractivity contribution in [1.29, 1.82) is 0 Å². The molecular formula is C15H23Br2NO. The summed E-state index contributed by atoms with van der Waals surface area (Å²) in [6, 6.07) is 7.07. The van der Waals surface area contributed by atoms with E-state index in [0.717, 1.165) is 35.8 Å². The first kappa shape index (κ1) is 17.0. The van der Waals surface area contributed by atoms with Crippen molar-refractivity contribution in [2.24, 2.45) is 0 Å². The van der Waals surface area contributed by atoms with Crippen molar-refractivity contribution in [1.82, 2.24) is 0 Å². The minimum absolute atomic E-state index is 0.564. The van der Waals surface area contributed by atoms with Crippen LogP contribution >= 0.6 is 31.9 Å². The number of hydrogen-bond donors (Lipinski definition) is 0. The Morgan fingerprint density at radius 1 is 1.26 bits per heavy atom. The van der Waals surface area contributed by atoms with E-state index in [-0.39, 0.29) is 0 Å². The second kappa shape index (κ2) is 8.98. The van der Waals surface area contributed by atoms with Crippen LogP contribution in [0.15, 0.2) is 22.7 Å². The van der Waals surface area contributed by atoms with Crippen LogP contribution in [0.5, 0.6) is 0 Å². The summed E-state index contributed by atoms with van der Waals surface area (Å²) in [6.45, 7) is 6.19. The van der Waals surface area contributed by atoms with Crippen molar-refractivity contribution in [3.05, 3.63) is 28.2 Å². The number of rotatable bonds is 8. The Kier molecular flexibility index (Phi) is 8.03. The zero-order valence-corrected chi connectivity index (χ0v) is 15.1. The van der Waals surface area contributed by atoms with Gasteiger partial charge in [0.1, 0.15) is 0 Å². The fraction of sp³-hybridized carbons (Fsp3) is 0.600. The highest BCUT2D eigenvalue weighted by Gasteiger charge is 2.18. The van der Waals surface area contributed by atoms with Crippen LogP contribution < -0.4 is 4.90 Å². The molecule has 1 aromatic carbocycles. The molecule has 0 aliphatic rings. The maximum Gasteiger partial charge on any atom is 0.0637 e. The molecule has 0 N–H and O–H groups in total. The lowest BCUT2D eigenvalue weighted by Crippen LogP contribution is -2.37. The zero-order chi connectivity index (χ0) is 14.3. The summed E-state index contributed by atoms with van der Waals surface area (Å²) >= 11 is 7.14. The third-order valence-corrected chi connectivity index (χ3v) is 4.51. The van der Waals surface area contributed by atoms with E-state index < -0.39 is 0 Å². The highest BCUT2D eigenvalue weighted by atomic mass is 79.9. The van der Waals surface area contributed by atoms with Crippen molar-refractivity contribution in [2.45, 2.75) is 38.1 Å². The minimum atomic E-state index is 0.564. The van der Waals surface area contributed by atoms with E-state index in [9.17, 15) is 0 Å². The van der Waals surface area contributed by atoms with Gasteiger partial charge in [0, 0.05) is 35.2 Å². The van der Waals surface area contributed by atoms with Crippen LogP contribution in [0.4, 0.5) is 5.69 Å². The monoisotopic (exact) mass is 391 g/mol. The quantitative estimate of drug-likeness (QED) is 0.578. The number of anilines is 1. The number of nitrogens with zero attached hydrogens (tertiary/aromatic N) is 1. The first-order valence-corrected chi connectivity index (χ1v) is 8.69. The Morgan fingerprint density at radius 2 is 1.95 bits per heavy atom. The Labute approximate surface area is 133 Å². The Morgan fingerprint density at radius 3 is 2.47 bits per heavy atom. The van der Waals surface area contributed by atoms with Crippen LogP contribution in [0.2, 0.25) is 0 Å². The van der Waals surface area contributed by atoms with E-state index >= 15 is 0 Å². The van der Waals surface area contributed by atoms with Gasteiger partial charge in [-0.1, -0.05) is 45.7 Å². The number of halogens is 2. The summed E-state index contributed by atoms with van der Waals surface area (Å²) in [5.74, 6) is 0. The number of benzene rings is 1. The van der Waals surface area contributed by atoms with Gasteiger partial charge in [0.2, 0.25) is 0 Å². The number of methoxy groups -OCH3 is 1. The van der Waals surface area contributed by atoms with Gasteiger partial charge in [0.15, 0.2) is 0 Å². The van der Waals surface area contributed by atoms with Crippen molar-refractivity contribution >= 4 is 37.5 Å². The van der Waals surface area contributed by atoms with Crippen LogP contribution in [0, 0.1) is 0 Å². The highest BCUT2D eigenvalue weighted by molar-refractivity contribution is 9.10. The predicted molar refractivity (Wildman–Crippen MR) is 90.4 cm³/mol. The van der Waals surface area contributed by atoms with Gasteiger partial charge in [0.25, 0.3) is 0 Å². The number of hydrogen-bond acceptors (Lipinski definition) is 2. The average Bonchev–Trinajstić information content (AvgIpc) is 2.43. The lowest BCUT2D eigenvalue weighted by Gasteiger charge is -2.34. The molecule has 0 spiro atoms. The van der Waals surface area contributed by atoms with E-state index in [1.54, 1.807) is 7.11 Å². The third kappa shape index (κ3) is 4.76. The predicted octanol–water partition coefficient (Wildman–Crippen LogP) is 4.99. The first-order valence-electron chi connectivity index (χ1n) is 6.77. The molecule has 0 saturated carbocycles. The number of alkyl halides is 1. The normalized spacial score (nSPS) is 11.1. The van der Waals surface area contributed by atoms with Gasteiger partial charge in [-0.05, 0) is 36.6 Å². The molecule has 1 aromatic rings. The van der Waals surface area contributed by atoms with Crippen molar-refractivity contribution in [2.75, 3.05) is 25.2 Å².